The van der Waals surface area contributed by atoms with E-state index in [-0.39, 0.29) is 23.0 Å². The third-order valence-electron chi connectivity index (χ3n) is 2.85. The van der Waals surface area contributed by atoms with Crippen LogP contribution in [0.2, 0.25) is 0 Å². The minimum absolute atomic E-state index is 0.0543. The molecule has 5 nitrogen and oxygen atoms in total. The highest BCUT2D eigenvalue weighted by Gasteiger charge is 2.31. The van der Waals surface area contributed by atoms with Crippen LogP contribution in [0.25, 0.3) is 0 Å². The highest BCUT2D eigenvalue weighted by Crippen LogP contribution is 2.29. The van der Waals surface area contributed by atoms with Gasteiger partial charge in [0, 0.05) is 12.3 Å². The molecule has 88 valence electrons. The lowest BCUT2D eigenvalue weighted by molar-refractivity contribution is -0.0222. The Kier molecular flexibility index (Phi) is 2.71. The molecule has 1 fully saturated rings. The number of nitrogens with one attached hydrogen (secondary N) is 1. The summed E-state index contributed by atoms with van der Waals surface area (Å²) in [7, 11) is 0. The normalized spacial score (nSPS) is 23.5. The third-order valence-corrected chi connectivity index (χ3v) is 2.85. The summed E-state index contributed by atoms with van der Waals surface area (Å²) in [5, 5.41) is 0. The molecule has 0 radical (unpaired) electrons. The van der Waals surface area contributed by atoms with Gasteiger partial charge in [0.25, 0.3) is 5.56 Å². The van der Waals surface area contributed by atoms with Crippen LogP contribution in [0.4, 0.5) is 0 Å². The molecule has 0 spiro atoms. The molecule has 5 heteroatoms. The van der Waals surface area contributed by atoms with E-state index in [0.29, 0.717) is 6.54 Å². The minimum Gasteiger partial charge on any atom is -0.370 e. The molecular formula is C11H16N2O3. The Bertz CT molecular complexity index is 486. The van der Waals surface area contributed by atoms with Crippen LogP contribution in [0.15, 0.2) is 21.9 Å². The average Bonchev–Trinajstić information content (AvgIpc) is 2.51. The Morgan fingerprint density at radius 3 is 2.88 bits per heavy atom. The van der Waals surface area contributed by atoms with Crippen molar-refractivity contribution in [3.05, 3.63) is 33.1 Å². The maximum absolute atomic E-state index is 11.4. The maximum Gasteiger partial charge on any atom is 0.328 e. The number of nitrogens with zero attached hydrogens (tertiary/aromatic N) is 1. The van der Waals surface area contributed by atoms with Crippen LogP contribution in [0, 0.1) is 0 Å². The van der Waals surface area contributed by atoms with Gasteiger partial charge in [-0.1, -0.05) is 0 Å². The fourth-order valence-electron chi connectivity index (χ4n) is 2.01. The molecule has 0 amide bonds. The van der Waals surface area contributed by atoms with E-state index in [1.165, 1.54) is 16.8 Å². The standard InChI is InChI=1S/C11H16N2O3/c1-11(2)5-3-8(16-11)7-13-6-4-9(14)12-10(13)15/h4,6,8H,3,5,7H2,1-2H3,(H,12,14,15). The Morgan fingerprint density at radius 1 is 1.56 bits per heavy atom. The van der Waals surface area contributed by atoms with Gasteiger partial charge in [-0.05, 0) is 26.7 Å². The van der Waals surface area contributed by atoms with Gasteiger partial charge in [0.2, 0.25) is 0 Å². The molecule has 1 atom stereocenters. The Hall–Kier alpha value is -1.36. The van der Waals surface area contributed by atoms with Crippen LogP contribution in [0.5, 0.6) is 0 Å². The highest BCUT2D eigenvalue weighted by atomic mass is 16.5. The summed E-state index contributed by atoms with van der Waals surface area (Å²) in [6.45, 7) is 4.59. The average molecular weight is 224 g/mol. The van der Waals surface area contributed by atoms with Crippen molar-refractivity contribution in [1.82, 2.24) is 9.55 Å². The second-order valence-electron chi connectivity index (χ2n) is 4.80. The van der Waals surface area contributed by atoms with Gasteiger partial charge in [0.1, 0.15) is 0 Å². The number of rotatable bonds is 2. The van der Waals surface area contributed by atoms with Gasteiger partial charge in [0.05, 0.1) is 18.2 Å². The van der Waals surface area contributed by atoms with Gasteiger partial charge >= 0.3 is 5.69 Å². The van der Waals surface area contributed by atoms with Crippen LogP contribution in [0.3, 0.4) is 0 Å². The van der Waals surface area contributed by atoms with Gasteiger partial charge in [0.15, 0.2) is 0 Å². The Balaban J connectivity index is 2.11. The third kappa shape index (κ3) is 2.41. The lowest BCUT2D eigenvalue weighted by atomic mass is 10.1. The molecule has 0 saturated carbocycles. The van der Waals surface area contributed by atoms with Crippen molar-refractivity contribution in [1.29, 1.82) is 0 Å². The molecule has 1 saturated heterocycles. The van der Waals surface area contributed by atoms with Crippen molar-refractivity contribution in [2.75, 3.05) is 0 Å². The number of aromatic amines is 1. The van der Waals surface area contributed by atoms with Crippen molar-refractivity contribution < 1.29 is 4.74 Å². The van der Waals surface area contributed by atoms with Crippen molar-refractivity contribution in [3.8, 4) is 0 Å². The quantitative estimate of drug-likeness (QED) is 0.795. The van der Waals surface area contributed by atoms with Gasteiger partial charge < -0.3 is 4.74 Å². The van der Waals surface area contributed by atoms with Crippen molar-refractivity contribution in [2.45, 2.75) is 44.9 Å². The second-order valence-corrected chi connectivity index (χ2v) is 4.80. The zero-order valence-electron chi connectivity index (χ0n) is 9.53. The predicted octanol–water partition coefficient (Wildman–Crippen LogP) is 0.494. The Morgan fingerprint density at radius 2 is 2.31 bits per heavy atom. The van der Waals surface area contributed by atoms with Gasteiger partial charge in [-0.2, -0.15) is 0 Å². The molecule has 16 heavy (non-hydrogen) atoms. The van der Waals surface area contributed by atoms with Crippen molar-refractivity contribution in [2.24, 2.45) is 0 Å². The fraction of sp³-hybridized carbons (Fsp3) is 0.636. The van der Waals surface area contributed by atoms with E-state index in [9.17, 15) is 9.59 Å². The Labute approximate surface area is 93.1 Å². The topological polar surface area (TPSA) is 64.1 Å². The zero-order chi connectivity index (χ0) is 11.8. The number of ether oxygens (including phenoxy) is 1. The van der Waals surface area contributed by atoms with Crippen LogP contribution >= 0.6 is 0 Å². The summed E-state index contributed by atoms with van der Waals surface area (Å²) < 4.78 is 7.27. The zero-order valence-corrected chi connectivity index (χ0v) is 9.53. The first kappa shape index (κ1) is 11.1. The van der Waals surface area contributed by atoms with Crippen LogP contribution in [0.1, 0.15) is 26.7 Å². The summed E-state index contributed by atoms with van der Waals surface area (Å²) in [4.78, 5) is 24.6. The van der Waals surface area contributed by atoms with E-state index in [0.717, 1.165) is 12.8 Å². The SMILES string of the molecule is CC1(C)CCC(Cn2ccc(=O)[nH]c2=O)O1. The molecule has 0 aromatic carbocycles. The number of H-pyrrole nitrogens is 1. The van der Waals surface area contributed by atoms with E-state index in [1.54, 1.807) is 0 Å². The number of aromatic nitrogens is 2. The highest BCUT2D eigenvalue weighted by molar-refractivity contribution is 4.86. The number of hydrogen-bond acceptors (Lipinski definition) is 3. The van der Waals surface area contributed by atoms with Crippen LogP contribution < -0.4 is 11.2 Å². The number of hydrogen-bond donors (Lipinski definition) is 1. The van der Waals surface area contributed by atoms with E-state index < -0.39 is 0 Å². The van der Waals surface area contributed by atoms with Crippen molar-refractivity contribution in [3.63, 3.8) is 0 Å². The second kappa shape index (κ2) is 3.90. The van der Waals surface area contributed by atoms with Crippen molar-refractivity contribution >= 4 is 0 Å². The van der Waals surface area contributed by atoms with E-state index in [2.05, 4.69) is 4.98 Å². The smallest absolute Gasteiger partial charge is 0.328 e. The monoisotopic (exact) mass is 224 g/mol. The maximum atomic E-state index is 11.4. The summed E-state index contributed by atoms with van der Waals surface area (Å²) in [6, 6.07) is 1.35. The first-order chi connectivity index (χ1) is 7.46. The largest absolute Gasteiger partial charge is 0.370 e. The van der Waals surface area contributed by atoms with Crippen LogP contribution in [-0.2, 0) is 11.3 Å². The predicted molar refractivity (Wildman–Crippen MR) is 59.5 cm³/mol. The molecular weight excluding hydrogens is 208 g/mol. The molecule has 2 rings (SSSR count). The molecule has 1 aromatic heterocycles. The first-order valence-electron chi connectivity index (χ1n) is 5.44. The van der Waals surface area contributed by atoms with Gasteiger partial charge in [-0.3, -0.25) is 14.3 Å². The van der Waals surface area contributed by atoms with Crippen LogP contribution in [-0.4, -0.2) is 21.3 Å². The molecule has 1 N–H and O–H groups in total. The van der Waals surface area contributed by atoms with Gasteiger partial charge in [-0.15, -0.1) is 0 Å². The summed E-state index contributed by atoms with van der Waals surface area (Å²) in [5.74, 6) is 0. The lowest BCUT2D eigenvalue weighted by Gasteiger charge is -2.19. The summed E-state index contributed by atoms with van der Waals surface area (Å²) >= 11 is 0. The van der Waals surface area contributed by atoms with E-state index in [1.807, 2.05) is 13.8 Å². The molecule has 1 unspecified atom stereocenters. The molecule has 2 heterocycles. The fourth-order valence-corrected chi connectivity index (χ4v) is 2.01. The summed E-state index contributed by atoms with van der Waals surface area (Å²) in [6.07, 6.45) is 3.50. The molecule has 1 aromatic rings. The van der Waals surface area contributed by atoms with E-state index >= 15 is 0 Å². The minimum atomic E-state index is -0.374. The molecule has 0 bridgehead atoms. The molecule has 1 aliphatic rings. The lowest BCUT2D eigenvalue weighted by Crippen LogP contribution is -2.33. The van der Waals surface area contributed by atoms with E-state index in [4.69, 9.17) is 4.74 Å². The summed E-state index contributed by atoms with van der Waals surface area (Å²) in [5.41, 5.74) is -0.842. The van der Waals surface area contributed by atoms with Gasteiger partial charge in [-0.25, -0.2) is 4.79 Å². The molecule has 1 aliphatic heterocycles. The molecule has 0 aliphatic carbocycles. The first-order valence-corrected chi connectivity index (χ1v) is 5.44.